The third-order valence-corrected chi connectivity index (χ3v) is 4.78. The van der Waals surface area contributed by atoms with Gasteiger partial charge in [-0.1, -0.05) is 24.7 Å². The first kappa shape index (κ1) is 16.0. The summed E-state index contributed by atoms with van der Waals surface area (Å²) in [6.07, 6.45) is 5.19. The summed E-state index contributed by atoms with van der Waals surface area (Å²) in [6, 6.07) is 2.49. The van der Waals surface area contributed by atoms with Crippen LogP contribution in [0.4, 0.5) is 0 Å². The summed E-state index contributed by atoms with van der Waals surface area (Å²) < 4.78 is 0. The lowest BCUT2D eigenvalue weighted by molar-refractivity contribution is 0.0951. The van der Waals surface area contributed by atoms with Crippen molar-refractivity contribution < 1.29 is 9.90 Å². The lowest BCUT2D eigenvalue weighted by Crippen LogP contribution is -2.37. The number of amides is 1. The van der Waals surface area contributed by atoms with Crippen LogP contribution < -0.4 is 5.32 Å². The van der Waals surface area contributed by atoms with E-state index in [0.29, 0.717) is 23.0 Å². The van der Waals surface area contributed by atoms with Crippen LogP contribution in [0.2, 0.25) is 0 Å². The van der Waals surface area contributed by atoms with E-state index < -0.39 is 0 Å². The van der Waals surface area contributed by atoms with Gasteiger partial charge in [-0.05, 0) is 31.3 Å². The highest BCUT2D eigenvalue weighted by Crippen LogP contribution is 2.21. The topological polar surface area (TPSA) is 52.6 Å². The zero-order valence-corrected chi connectivity index (χ0v) is 13.2. The largest absolute Gasteiger partial charge is 0.384 e. The molecule has 4 nitrogen and oxygen atoms in total. The molecule has 2 N–H and O–H groups in total. The summed E-state index contributed by atoms with van der Waals surface area (Å²) in [4.78, 5) is 15.1. The first-order valence-corrected chi connectivity index (χ1v) is 8.26. The molecule has 0 bridgehead atoms. The smallest absolute Gasteiger partial charge is 0.262 e. The van der Waals surface area contributed by atoms with E-state index in [9.17, 15) is 4.79 Å². The van der Waals surface area contributed by atoms with Gasteiger partial charge in [0.1, 0.15) is 11.5 Å². The van der Waals surface area contributed by atoms with Crippen LogP contribution in [0.3, 0.4) is 0 Å². The Morgan fingerprint density at radius 1 is 1.52 bits per heavy atom. The number of aliphatic hydroxyl groups is 1. The Morgan fingerprint density at radius 3 is 3.00 bits per heavy atom. The Hall–Kier alpha value is -1.35. The number of carbonyl (C=O) groups is 1. The van der Waals surface area contributed by atoms with E-state index in [2.05, 4.69) is 29.1 Å². The summed E-state index contributed by atoms with van der Waals surface area (Å²) in [5, 5.41) is 13.5. The highest BCUT2D eigenvalue weighted by Gasteiger charge is 2.19. The maximum Gasteiger partial charge on any atom is 0.262 e. The van der Waals surface area contributed by atoms with Gasteiger partial charge in [0.15, 0.2) is 0 Å². The summed E-state index contributed by atoms with van der Waals surface area (Å²) in [7, 11) is 2.13. The number of likely N-dealkylation sites (N-methyl/N-ethyl adjacent to an activating group) is 1. The van der Waals surface area contributed by atoms with Gasteiger partial charge >= 0.3 is 0 Å². The quantitative estimate of drug-likeness (QED) is 0.814. The van der Waals surface area contributed by atoms with Gasteiger partial charge < -0.3 is 15.3 Å². The fourth-order valence-corrected chi connectivity index (χ4v) is 3.44. The third kappa shape index (κ3) is 4.57. The molecule has 0 spiro atoms. The number of nitrogens with one attached hydrogen (secondary N) is 1. The minimum absolute atomic E-state index is 0.0768. The van der Waals surface area contributed by atoms with Gasteiger partial charge in [0.2, 0.25) is 0 Å². The van der Waals surface area contributed by atoms with Gasteiger partial charge in [0, 0.05) is 24.7 Å². The van der Waals surface area contributed by atoms with Crippen molar-refractivity contribution in [3.63, 3.8) is 0 Å². The molecule has 1 saturated carbocycles. The number of carbonyl (C=O) groups excluding carboxylic acids is 1. The van der Waals surface area contributed by atoms with Gasteiger partial charge in [-0.15, -0.1) is 11.3 Å². The highest BCUT2D eigenvalue weighted by atomic mass is 32.1. The van der Waals surface area contributed by atoms with Crippen LogP contribution in [0.15, 0.2) is 11.4 Å². The molecule has 114 valence electrons. The van der Waals surface area contributed by atoms with Crippen LogP contribution in [-0.2, 0) is 0 Å². The van der Waals surface area contributed by atoms with E-state index in [4.69, 9.17) is 5.11 Å². The van der Waals surface area contributed by atoms with Crippen molar-refractivity contribution in [3.05, 3.63) is 21.9 Å². The Kier molecular flexibility index (Phi) is 6.24. The normalized spacial score (nSPS) is 15.0. The molecule has 1 aliphatic rings. The monoisotopic (exact) mass is 306 g/mol. The Morgan fingerprint density at radius 2 is 2.29 bits per heavy atom. The number of rotatable bonds is 5. The Labute approximate surface area is 130 Å². The zero-order valence-electron chi connectivity index (χ0n) is 12.4. The summed E-state index contributed by atoms with van der Waals surface area (Å²) in [6.45, 7) is 1.33. The second kappa shape index (κ2) is 8.18. The van der Waals surface area contributed by atoms with Crippen molar-refractivity contribution in [2.24, 2.45) is 0 Å². The van der Waals surface area contributed by atoms with Crippen molar-refractivity contribution in [1.29, 1.82) is 0 Å². The number of aliphatic hydroxyl groups excluding tert-OH is 1. The fourth-order valence-electron chi connectivity index (χ4n) is 2.67. The molecular weight excluding hydrogens is 284 g/mol. The lowest BCUT2D eigenvalue weighted by atomic mass is 10.2. The maximum absolute atomic E-state index is 12.1. The van der Waals surface area contributed by atoms with E-state index in [0.717, 1.165) is 6.54 Å². The molecule has 0 radical (unpaired) electrons. The van der Waals surface area contributed by atoms with Crippen LogP contribution >= 0.6 is 11.3 Å². The predicted octanol–water partition coefficient (Wildman–Crippen LogP) is 1.70. The van der Waals surface area contributed by atoms with Crippen LogP contribution in [0.25, 0.3) is 0 Å². The van der Waals surface area contributed by atoms with Gasteiger partial charge in [-0.25, -0.2) is 0 Å². The molecule has 1 aromatic heterocycles. The first-order valence-electron chi connectivity index (χ1n) is 7.38. The van der Waals surface area contributed by atoms with E-state index in [1.807, 2.05) is 11.4 Å². The average Bonchev–Trinajstić information content (AvgIpc) is 3.15. The Bertz CT molecular complexity index is 524. The molecule has 21 heavy (non-hydrogen) atoms. The van der Waals surface area contributed by atoms with E-state index in [-0.39, 0.29) is 12.5 Å². The SMILES string of the molecule is CN(CCNC(=O)c1sccc1C#CCO)C1CCCC1. The van der Waals surface area contributed by atoms with Gasteiger partial charge in [0.05, 0.1) is 0 Å². The molecule has 1 aromatic rings. The lowest BCUT2D eigenvalue weighted by Gasteiger charge is -2.23. The van der Waals surface area contributed by atoms with Crippen molar-refractivity contribution in [1.82, 2.24) is 10.2 Å². The van der Waals surface area contributed by atoms with Crippen molar-refractivity contribution >= 4 is 17.2 Å². The minimum atomic E-state index is -0.191. The highest BCUT2D eigenvalue weighted by molar-refractivity contribution is 7.12. The second-order valence-electron chi connectivity index (χ2n) is 5.30. The summed E-state index contributed by atoms with van der Waals surface area (Å²) in [5.74, 6) is 5.31. The molecular formula is C16H22N2O2S. The molecule has 0 atom stereocenters. The second-order valence-corrected chi connectivity index (χ2v) is 6.21. The molecule has 0 aliphatic heterocycles. The molecule has 2 rings (SSSR count). The standard InChI is InChI=1S/C16H22N2O2S/c1-18(14-6-2-3-7-14)10-9-17-16(20)15-13(5-4-11-19)8-12-21-15/h8,12,14,19H,2-3,6-7,9-11H2,1H3,(H,17,20). The third-order valence-electron chi connectivity index (χ3n) is 3.87. The number of nitrogens with zero attached hydrogens (tertiary/aromatic N) is 1. The summed E-state index contributed by atoms with van der Waals surface area (Å²) in [5.41, 5.74) is 0.690. The van der Waals surface area contributed by atoms with Crippen LogP contribution in [-0.4, -0.2) is 48.7 Å². The molecule has 1 heterocycles. The first-order chi connectivity index (χ1) is 10.2. The Balaban J connectivity index is 1.80. The molecule has 1 aliphatic carbocycles. The van der Waals surface area contributed by atoms with Crippen molar-refractivity contribution in [3.8, 4) is 11.8 Å². The van der Waals surface area contributed by atoms with Crippen molar-refractivity contribution in [2.45, 2.75) is 31.7 Å². The van der Waals surface area contributed by atoms with Gasteiger partial charge in [0.25, 0.3) is 5.91 Å². The minimum Gasteiger partial charge on any atom is -0.384 e. The fraction of sp³-hybridized carbons (Fsp3) is 0.562. The molecule has 0 saturated heterocycles. The maximum atomic E-state index is 12.1. The van der Waals surface area contributed by atoms with E-state index in [1.54, 1.807) is 0 Å². The van der Waals surface area contributed by atoms with E-state index in [1.165, 1.54) is 37.0 Å². The molecule has 1 fully saturated rings. The van der Waals surface area contributed by atoms with Crippen LogP contribution in [0.1, 0.15) is 40.9 Å². The van der Waals surface area contributed by atoms with Crippen LogP contribution in [0, 0.1) is 11.8 Å². The molecule has 0 unspecified atom stereocenters. The van der Waals surface area contributed by atoms with Gasteiger partial charge in [-0.3, -0.25) is 4.79 Å². The van der Waals surface area contributed by atoms with Crippen LogP contribution in [0.5, 0.6) is 0 Å². The number of thiophene rings is 1. The van der Waals surface area contributed by atoms with Crippen molar-refractivity contribution in [2.75, 3.05) is 26.7 Å². The zero-order chi connectivity index (χ0) is 15.1. The number of hydrogen-bond donors (Lipinski definition) is 2. The number of hydrogen-bond acceptors (Lipinski definition) is 4. The molecule has 0 aromatic carbocycles. The van der Waals surface area contributed by atoms with E-state index >= 15 is 0 Å². The molecule has 1 amide bonds. The summed E-state index contributed by atoms with van der Waals surface area (Å²) >= 11 is 1.38. The average molecular weight is 306 g/mol. The van der Waals surface area contributed by atoms with Gasteiger partial charge in [-0.2, -0.15) is 0 Å². The predicted molar refractivity (Wildman–Crippen MR) is 85.5 cm³/mol. The molecule has 5 heteroatoms.